The molecule has 0 radical (unpaired) electrons. The van der Waals surface area contributed by atoms with Crippen molar-refractivity contribution >= 4 is 10.0 Å². The second kappa shape index (κ2) is 5.98. The minimum Gasteiger partial charge on any atom is -0.314 e. The van der Waals surface area contributed by atoms with Crippen molar-refractivity contribution < 1.29 is 12.8 Å². The third-order valence-electron chi connectivity index (χ3n) is 4.48. The van der Waals surface area contributed by atoms with Crippen LogP contribution < -0.4 is 5.32 Å². The van der Waals surface area contributed by atoms with E-state index >= 15 is 0 Å². The number of pyridine rings is 1. The van der Waals surface area contributed by atoms with Crippen molar-refractivity contribution in [3.05, 3.63) is 24.1 Å². The molecule has 7 heteroatoms. The zero-order chi connectivity index (χ0) is 14.9. The first-order chi connectivity index (χ1) is 10.1. The second-order valence-electron chi connectivity index (χ2n) is 5.73. The molecular weight excluding hydrogens is 293 g/mol. The topological polar surface area (TPSA) is 62.3 Å². The molecule has 1 atom stereocenters. The summed E-state index contributed by atoms with van der Waals surface area (Å²) in [6, 6.07) is 3.04. The van der Waals surface area contributed by atoms with E-state index in [1.165, 1.54) is 29.4 Å². The van der Waals surface area contributed by atoms with E-state index in [1.807, 2.05) is 0 Å². The lowest BCUT2D eigenvalue weighted by atomic mass is 9.89. The Kier molecular flexibility index (Phi) is 4.24. The van der Waals surface area contributed by atoms with Crippen LogP contribution in [0.4, 0.5) is 4.39 Å². The molecule has 2 saturated heterocycles. The number of nitrogens with one attached hydrogen (secondary N) is 1. The van der Waals surface area contributed by atoms with E-state index in [1.54, 1.807) is 0 Å². The fourth-order valence-electron chi connectivity index (χ4n) is 3.32. The molecule has 1 N–H and O–H groups in total. The molecule has 0 bridgehead atoms. The molecular formula is C14H20FN3O2S. The minimum atomic E-state index is -3.81. The predicted octanol–water partition coefficient (Wildman–Crippen LogP) is 1.37. The molecule has 116 valence electrons. The van der Waals surface area contributed by atoms with Gasteiger partial charge in [-0.15, -0.1) is 0 Å². The summed E-state index contributed by atoms with van der Waals surface area (Å²) in [5, 5.41) is 3.02. The van der Waals surface area contributed by atoms with Crippen molar-refractivity contribution in [3.63, 3.8) is 0 Å². The van der Waals surface area contributed by atoms with Gasteiger partial charge in [0.15, 0.2) is 5.82 Å². The van der Waals surface area contributed by atoms with Crippen LogP contribution in [0.3, 0.4) is 0 Å². The van der Waals surface area contributed by atoms with Gasteiger partial charge < -0.3 is 5.32 Å². The van der Waals surface area contributed by atoms with Gasteiger partial charge in [-0.05, 0) is 50.3 Å². The van der Waals surface area contributed by atoms with Gasteiger partial charge in [-0.2, -0.15) is 4.31 Å². The van der Waals surface area contributed by atoms with Gasteiger partial charge in [0.05, 0.1) is 0 Å². The third-order valence-corrected chi connectivity index (χ3v) is 6.31. The Morgan fingerprint density at radius 3 is 2.67 bits per heavy atom. The van der Waals surface area contributed by atoms with Gasteiger partial charge in [0.25, 0.3) is 10.0 Å². The summed E-state index contributed by atoms with van der Waals surface area (Å²) in [4.78, 5) is 3.70. The van der Waals surface area contributed by atoms with Gasteiger partial charge in [0.2, 0.25) is 5.03 Å². The quantitative estimate of drug-likeness (QED) is 0.915. The standard InChI is InChI=1S/C14H20FN3O2S/c15-12-3-1-8-17-14(12)21(19,20)18-9-5-11(6-10-18)13-4-2-7-16-13/h1,3,8,11,13,16H,2,4-7,9-10H2. The minimum absolute atomic E-state index is 0.446. The lowest BCUT2D eigenvalue weighted by Gasteiger charge is -2.33. The number of halogens is 1. The average Bonchev–Trinajstić information content (AvgIpc) is 3.02. The molecule has 3 rings (SSSR count). The highest BCUT2D eigenvalue weighted by Crippen LogP contribution is 2.28. The van der Waals surface area contributed by atoms with Crippen LogP contribution in [0.15, 0.2) is 23.4 Å². The number of aromatic nitrogens is 1. The monoisotopic (exact) mass is 313 g/mol. The molecule has 0 amide bonds. The largest absolute Gasteiger partial charge is 0.314 e. The van der Waals surface area contributed by atoms with Crippen molar-refractivity contribution in [1.29, 1.82) is 0 Å². The first-order valence-electron chi connectivity index (χ1n) is 7.43. The second-order valence-corrected chi connectivity index (χ2v) is 7.59. The molecule has 0 spiro atoms. The molecule has 3 heterocycles. The lowest BCUT2D eigenvalue weighted by Crippen LogP contribution is -2.43. The van der Waals surface area contributed by atoms with Gasteiger partial charge in [0, 0.05) is 25.3 Å². The Balaban J connectivity index is 1.70. The summed E-state index contributed by atoms with van der Waals surface area (Å²) in [5.74, 6) is -0.260. The van der Waals surface area contributed by atoms with Crippen LogP contribution in [-0.4, -0.2) is 43.4 Å². The Bertz CT molecular complexity index is 594. The summed E-state index contributed by atoms with van der Waals surface area (Å²) >= 11 is 0. The molecule has 1 aromatic heterocycles. The van der Waals surface area contributed by atoms with E-state index in [0.717, 1.165) is 25.5 Å². The number of sulfonamides is 1. The Morgan fingerprint density at radius 2 is 2.05 bits per heavy atom. The van der Waals surface area contributed by atoms with E-state index in [-0.39, 0.29) is 0 Å². The van der Waals surface area contributed by atoms with Gasteiger partial charge in [-0.25, -0.2) is 17.8 Å². The van der Waals surface area contributed by atoms with Crippen molar-refractivity contribution in [2.24, 2.45) is 5.92 Å². The van der Waals surface area contributed by atoms with Crippen molar-refractivity contribution in [2.75, 3.05) is 19.6 Å². The molecule has 1 unspecified atom stereocenters. The maximum atomic E-state index is 13.7. The smallest absolute Gasteiger partial charge is 0.263 e. The fraction of sp³-hybridized carbons (Fsp3) is 0.643. The van der Waals surface area contributed by atoms with Gasteiger partial charge in [-0.3, -0.25) is 0 Å². The summed E-state index contributed by atoms with van der Waals surface area (Å²) in [6.07, 6.45) is 5.33. The highest BCUT2D eigenvalue weighted by Gasteiger charge is 2.35. The number of hydrogen-bond acceptors (Lipinski definition) is 4. The highest BCUT2D eigenvalue weighted by molar-refractivity contribution is 7.89. The molecule has 0 aromatic carbocycles. The van der Waals surface area contributed by atoms with Gasteiger partial charge >= 0.3 is 0 Å². The van der Waals surface area contributed by atoms with Crippen LogP contribution in [0.1, 0.15) is 25.7 Å². The normalized spacial score (nSPS) is 25.3. The number of hydrogen-bond donors (Lipinski definition) is 1. The third kappa shape index (κ3) is 2.95. The molecule has 21 heavy (non-hydrogen) atoms. The lowest BCUT2D eigenvalue weighted by molar-refractivity contribution is 0.233. The summed E-state index contributed by atoms with van der Waals surface area (Å²) in [7, 11) is -3.81. The van der Waals surface area contributed by atoms with Crippen LogP contribution in [0, 0.1) is 11.7 Å². The number of piperidine rings is 1. The van der Waals surface area contributed by atoms with Crippen LogP contribution in [0.5, 0.6) is 0 Å². The first-order valence-corrected chi connectivity index (χ1v) is 8.87. The zero-order valence-electron chi connectivity index (χ0n) is 11.8. The first kappa shape index (κ1) is 14.9. The van der Waals surface area contributed by atoms with Crippen LogP contribution in [0.2, 0.25) is 0 Å². The average molecular weight is 313 g/mol. The van der Waals surface area contributed by atoms with Gasteiger partial charge in [0.1, 0.15) is 0 Å². The SMILES string of the molecule is O=S(=O)(c1ncccc1F)N1CCC(C2CCCN2)CC1. The van der Waals surface area contributed by atoms with E-state index in [9.17, 15) is 12.8 Å². The van der Waals surface area contributed by atoms with Crippen molar-refractivity contribution in [2.45, 2.75) is 36.8 Å². The molecule has 2 fully saturated rings. The van der Waals surface area contributed by atoms with E-state index in [2.05, 4.69) is 10.3 Å². The van der Waals surface area contributed by atoms with Crippen LogP contribution in [-0.2, 0) is 10.0 Å². The van der Waals surface area contributed by atoms with Crippen LogP contribution in [0.25, 0.3) is 0 Å². The maximum Gasteiger partial charge on any atom is 0.263 e. The van der Waals surface area contributed by atoms with E-state index in [0.29, 0.717) is 25.0 Å². The Labute approximate surface area is 124 Å². The van der Waals surface area contributed by atoms with Crippen LogP contribution >= 0.6 is 0 Å². The van der Waals surface area contributed by atoms with Gasteiger partial charge in [-0.1, -0.05) is 0 Å². The van der Waals surface area contributed by atoms with Crippen molar-refractivity contribution in [1.82, 2.24) is 14.6 Å². The zero-order valence-corrected chi connectivity index (χ0v) is 12.7. The molecule has 0 aliphatic carbocycles. The molecule has 2 aliphatic heterocycles. The number of nitrogens with zero attached hydrogens (tertiary/aromatic N) is 2. The number of rotatable bonds is 3. The molecule has 1 aromatic rings. The Morgan fingerprint density at radius 1 is 1.29 bits per heavy atom. The predicted molar refractivity (Wildman–Crippen MR) is 76.7 cm³/mol. The molecule has 5 nitrogen and oxygen atoms in total. The maximum absolute atomic E-state index is 13.7. The highest BCUT2D eigenvalue weighted by atomic mass is 32.2. The molecule has 0 saturated carbocycles. The fourth-order valence-corrected chi connectivity index (χ4v) is 4.76. The molecule has 2 aliphatic rings. The van der Waals surface area contributed by atoms with E-state index in [4.69, 9.17) is 0 Å². The summed E-state index contributed by atoms with van der Waals surface area (Å²) in [5.41, 5.74) is 0. The Hall–Kier alpha value is -1.05. The van der Waals surface area contributed by atoms with Crippen molar-refractivity contribution in [3.8, 4) is 0 Å². The van der Waals surface area contributed by atoms with E-state index < -0.39 is 20.9 Å². The summed E-state index contributed by atoms with van der Waals surface area (Å²) < 4.78 is 39.9. The summed E-state index contributed by atoms with van der Waals surface area (Å²) in [6.45, 7) is 1.95.